The minimum Gasteiger partial charge on any atom is -0.440 e. The zero-order valence-corrected chi connectivity index (χ0v) is 12.2. The van der Waals surface area contributed by atoms with Crippen LogP contribution in [0.1, 0.15) is 10.4 Å². The average molecular weight is 316 g/mol. The second kappa shape index (κ2) is 5.86. The highest BCUT2D eigenvalue weighted by Crippen LogP contribution is 2.31. The number of hydrogen-bond donors (Lipinski definition) is 2. The van der Waals surface area contributed by atoms with Crippen molar-refractivity contribution in [3.05, 3.63) is 69.1 Å². The molecule has 0 fully saturated rings. The SMILES string of the molecule is C=C1NC=C(c2ccc([N+](=O)[O-])c(NCc3cncs3)c2)O1. The van der Waals surface area contributed by atoms with Gasteiger partial charge in [0.15, 0.2) is 11.6 Å². The van der Waals surface area contributed by atoms with Gasteiger partial charge in [0.2, 0.25) is 0 Å². The molecule has 1 aromatic heterocycles. The van der Waals surface area contributed by atoms with Crippen LogP contribution in [0, 0.1) is 10.1 Å². The molecule has 1 aliphatic rings. The van der Waals surface area contributed by atoms with E-state index in [0.717, 1.165) is 10.4 Å². The predicted octanol–water partition coefficient (Wildman–Crippen LogP) is 3.05. The fourth-order valence-corrected chi connectivity index (χ4v) is 2.52. The third-order valence-corrected chi connectivity index (χ3v) is 3.79. The van der Waals surface area contributed by atoms with Crippen LogP contribution < -0.4 is 10.6 Å². The number of nitrogens with zero attached hydrogens (tertiary/aromatic N) is 2. The van der Waals surface area contributed by atoms with Crippen LogP contribution in [0.2, 0.25) is 0 Å². The van der Waals surface area contributed by atoms with Crippen molar-refractivity contribution in [3.63, 3.8) is 0 Å². The molecule has 0 amide bonds. The predicted molar refractivity (Wildman–Crippen MR) is 83.9 cm³/mol. The first-order valence-corrected chi connectivity index (χ1v) is 7.25. The van der Waals surface area contributed by atoms with Crippen LogP contribution >= 0.6 is 11.3 Å². The van der Waals surface area contributed by atoms with Crippen LogP contribution in [0.25, 0.3) is 5.76 Å². The summed E-state index contributed by atoms with van der Waals surface area (Å²) in [6, 6.07) is 4.78. The molecule has 0 unspecified atom stereocenters. The van der Waals surface area contributed by atoms with Gasteiger partial charge in [0.1, 0.15) is 5.69 Å². The van der Waals surface area contributed by atoms with Crippen LogP contribution in [0.15, 0.2) is 48.6 Å². The van der Waals surface area contributed by atoms with Gasteiger partial charge in [0.25, 0.3) is 5.69 Å². The van der Waals surface area contributed by atoms with Crippen molar-refractivity contribution in [2.24, 2.45) is 0 Å². The summed E-state index contributed by atoms with van der Waals surface area (Å²) in [5.41, 5.74) is 2.89. The van der Waals surface area contributed by atoms with Crippen LogP contribution in [0.5, 0.6) is 0 Å². The maximum Gasteiger partial charge on any atom is 0.292 e. The molecule has 3 rings (SSSR count). The number of anilines is 1. The van der Waals surface area contributed by atoms with E-state index in [4.69, 9.17) is 4.74 Å². The number of ether oxygens (including phenoxy) is 1. The van der Waals surface area contributed by atoms with Crippen molar-refractivity contribution in [1.82, 2.24) is 10.3 Å². The Labute approximate surface area is 130 Å². The lowest BCUT2D eigenvalue weighted by molar-refractivity contribution is -0.384. The Morgan fingerprint density at radius 2 is 2.36 bits per heavy atom. The van der Waals surface area contributed by atoms with E-state index in [1.54, 1.807) is 30.0 Å². The second-order valence-corrected chi connectivity index (χ2v) is 5.46. The van der Waals surface area contributed by atoms with Gasteiger partial charge in [-0.2, -0.15) is 0 Å². The minimum absolute atomic E-state index is 0.0126. The Morgan fingerprint density at radius 3 is 3.00 bits per heavy atom. The molecule has 8 heteroatoms. The topological polar surface area (TPSA) is 89.3 Å². The Bertz CT molecular complexity index is 755. The largest absolute Gasteiger partial charge is 0.440 e. The maximum absolute atomic E-state index is 11.2. The van der Waals surface area contributed by atoms with E-state index < -0.39 is 4.92 Å². The molecule has 112 valence electrons. The molecule has 0 bridgehead atoms. The first kappa shape index (κ1) is 14.1. The Kier molecular flexibility index (Phi) is 3.75. The molecule has 0 saturated carbocycles. The molecule has 2 aromatic rings. The van der Waals surface area contributed by atoms with Crippen LogP contribution in [0.3, 0.4) is 0 Å². The van der Waals surface area contributed by atoms with E-state index in [1.165, 1.54) is 17.4 Å². The number of benzene rings is 1. The van der Waals surface area contributed by atoms with Gasteiger partial charge in [-0.05, 0) is 18.7 Å². The van der Waals surface area contributed by atoms with E-state index in [-0.39, 0.29) is 5.69 Å². The molecule has 7 nitrogen and oxygen atoms in total. The first-order chi connectivity index (χ1) is 10.6. The normalized spacial score (nSPS) is 13.3. The van der Waals surface area contributed by atoms with Gasteiger partial charge < -0.3 is 15.4 Å². The van der Waals surface area contributed by atoms with Crippen molar-refractivity contribution in [2.75, 3.05) is 5.32 Å². The molecule has 0 saturated heterocycles. The van der Waals surface area contributed by atoms with E-state index >= 15 is 0 Å². The van der Waals surface area contributed by atoms with Gasteiger partial charge in [-0.1, -0.05) is 0 Å². The first-order valence-electron chi connectivity index (χ1n) is 6.37. The van der Waals surface area contributed by atoms with Crippen molar-refractivity contribution in [3.8, 4) is 0 Å². The lowest BCUT2D eigenvalue weighted by Gasteiger charge is -2.09. The van der Waals surface area contributed by atoms with Gasteiger partial charge in [0.05, 0.1) is 17.0 Å². The van der Waals surface area contributed by atoms with Gasteiger partial charge in [-0.25, -0.2) is 0 Å². The lowest BCUT2D eigenvalue weighted by atomic mass is 10.1. The smallest absolute Gasteiger partial charge is 0.292 e. The standard InChI is InChI=1S/C14H12N4O3S/c1-9-16-7-14(21-9)10-2-3-13(18(19)20)12(4-10)17-6-11-5-15-8-22-11/h2-5,7-8,16-17H,1,6H2. The number of aromatic nitrogens is 1. The molecule has 2 N–H and O–H groups in total. The van der Waals surface area contributed by atoms with Gasteiger partial charge in [-0.3, -0.25) is 15.1 Å². The Morgan fingerprint density at radius 1 is 1.50 bits per heavy atom. The molecule has 1 aromatic carbocycles. The number of nitro groups is 1. The van der Waals surface area contributed by atoms with Crippen molar-refractivity contribution in [1.29, 1.82) is 0 Å². The van der Waals surface area contributed by atoms with Crippen LogP contribution in [0.4, 0.5) is 11.4 Å². The zero-order valence-electron chi connectivity index (χ0n) is 11.4. The Balaban J connectivity index is 1.87. The fraction of sp³-hybridized carbons (Fsp3) is 0.0714. The maximum atomic E-state index is 11.2. The van der Waals surface area contributed by atoms with E-state index in [0.29, 0.717) is 23.9 Å². The van der Waals surface area contributed by atoms with E-state index in [2.05, 4.69) is 22.2 Å². The summed E-state index contributed by atoms with van der Waals surface area (Å²) in [6.45, 7) is 4.13. The van der Waals surface area contributed by atoms with Crippen LogP contribution in [-0.2, 0) is 11.3 Å². The summed E-state index contributed by atoms with van der Waals surface area (Å²) in [5.74, 6) is 0.994. The van der Waals surface area contributed by atoms with Crippen LogP contribution in [-0.4, -0.2) is 9.91 Å². The summed E-state index contributed by atoms with van der Waals surface area (Å²) >= 11 is 1.49. The monoisotopic (exact) mass is 316 g/mol. The average Bonchev–Trinajstić information content (AvgIpc) is 3.16. The van der Waals surface area contributed by atoms with Gasteiger partial charge in [0, 0.05) is 28.9 Å². The molecule has 2 heterocycles. The van der Waals surface area contributed by atoms with Crippen molar-refractivity contribution < 1.29 is 9.66 Å². The highest BCUT2D eigenvalue weighted by atomic mass is 32.1. The number of nitrogens with one attached hydrogen (secondary N) is 2. The van der Waals surface area contributed by atoms with Crippen molar-refractivity contribution >= 4 is 28.5 Å². The molecular weight excluding hydrogens is 304 g/mol. The molecule has 0 spiro atoms. The lowest BCUT2D eigenvalue weighted by Crippen LogP contribution is -2.02. The van der Waals surface area contributed by atoms with E-state index in [9.17, 15) is 10.1 Å². The summed E-state index contributed by atoms with van der Waals surface area (Å²) in [6.07, 6.45) is 3.39. The Hall–Kier alpha value is -2.87. The van der Waals surface area contributed by atoms with Gasteiger partial charge in [-0.15, -0.1) is 11.3 Å². The number of rotatable bonds is 5. The molecule has 0 radical (unpaired) electrons. The summed E-state index contributed by atoms with van der Waals surface area (Å²) in [5, 5.41) is 17.1. The summed E-state index contributed by atoms with van der Waals surface area (Å²) in [4.78, 5) is 15.7. The molecule has 0 atom stereocenters. The second-order valence-electron chi connectivity index (χ2n) is 4.49. The number of nitro benzene ring substituents is 1. The molecular formula is C14H12N4O3S. The number of thiazole rings is 1. The highest BCUT2D eigenvalue weighted by Gasteiger charge is 2.18. The van der Waals surface area contributed by atoms with Gasteiger partial charge >= 0.3 is 0 Å². The molecule has 1 aliphatic heterocycles. The third kappa shape index (κ3) is 2.91. The van der Waals surface area contributed by atoms with Crippen molar-refractivity contribution in [2.45, 2.75) is 6.54 Å². The summed E-state index contributed by atoms with van der Waals surface area (Å²) < 4.78 is 5.40. The number of hydrogen-bond acceptors (Lipinski definition) is 7. The van der Waals surface area contributed by atoms with E-state index in [1.807, 2.05) is 0 Å². The summed E-state index contributed by atoms with van der Waals surface area (Å²) in [7, 11) is 0. The molecule has 22 heavy (non-hydrogen) atoms. The highest BCUT2D eigenvalue weighted by molar-refractivity contribution is 7.09. The molecule has 0 aliphatic carbocycles. The fourth-order valence-electron chi connectivity index (χ4n) is 1.98. The quantitative estimate of drug-likeness (QED) is 0.651. The third-order valence-electron chi connectivity index (χ3n) is 3.01. The zero-order chi connectivity index (χ0) is 15.5. The minimum atomic E-state index is -0.417.